The predicted octanol–water partition coefficient (Wildman–Crippen LogP) is 4.79. The van der Waals surface area contributed by atoms with Gasteiger partial charge in [-0.3, -0.25) is 4.98 Å². The van der Waals surface area contributed by atoms with Crippen LogP contribution < -0.4 is 0 Å². The van der Waals surface area contributed by atoms with Gasteiger partial charge in [0.15, 0.2) is 5.58 Å². The molecule has 2 heterocycles. The van der Waals surface area contributed by atoms with E-state index < -0.39 is 0 Å². The number of rotatable bonds is 0. The molecule has 0 fully saturated rings. The van der Waals surface area contributed by atoms with Gasteiger partial charge >= 0.3 is 0 Å². The topological polar surface area (TPSA) is 26.0 Å². The lowest BCUT2D eigenvalue weighted by molar-refractivity contribution is 0.672. The van der Waals surface area contributed by atoms with E-state index in [-0.39, 0.29) is 0 Å². The van der Waals surface area contributed by atoms with Crippen LogP contribution in [0.5, 0.6) is 0 Å². The molecule has 4 aromatic rings. The number of hydrogen-bond acceptors (Lipinski definition) is 2. The van der Waals surface area contributed by atoms with Crippen LogP contribution in [0.1, 0.15) is 0 Å². The number of aromatic nitrogens is 1. The molecule has 0 saturated heterocycles. The zero-order valence-electron chi connectivity index (χ0n) is 9.35. The van der Waals surface area contributed by atoms with E-state index in [1.54, 1.807) is 0 Å². The van der Waals surface area contributed by atoms with Crippen molar-refractivity contribution in [3.8, 4) is 0 Å². The number of halogens is 1. The number of pyridine rings is 1. The first kappa shape index (κ1) is 9.92. The molecule has 0 unspecified atom stereocenters. The summed E-state index contributed by atoms with van der Waals surface area (Å²) in [5.74, 6) is 0. The first-order valence-corrected chi connectivity index (χ1v) is 6.06. The summed E-state index contributed by atoms with van der Waals surface area (Å²) in [6, 6.07) is 13.7. The molecule has 86 valence electrons. The minimum atomic E-state index is 0.695. The van der Waals surface area contributed by atoms with E-state index in [4.69, 9.17) is 16.0 Å². The average molecular weight is 254 g/mol. The van der Waals surface area contributed by atoms with Crippen LogP contribution in [0.3, 0.4) is 0 Å². The Bertz CT molecular complexity index is 895. The number of nitrogens with zero attached hydrogens (tertiary/aromatic N) is 1. The Kier molecular flexibility index (Phi) is 1.91. The SMILES string of the molecule is Clc1ccc2oc3c4ccccc4cnc3c2c1. The average Bonchev–Trinajstić information content (AvgIpc) is 2.77. The summed E-state index contributed by atoms with van der Waals surface area (Å²) in [5.41, 5.74) is 2.51. The Morgan fingerprint density at radius 2 is 1.89 bits per heavy atom. The largest absolute Gasteiger partial charge is 0.454 e. The molecule has 0 radical (unpaired) electrons. The molecule has 18 heavy (non-hydrogen) atoms. The van der Waals surface area contributed by atoms with Crippen molar-refractivity contribution in [2.75, 3.05) is 0 Å². The zero-order valence-corrected chi connectivity index (χ0v) is 10.1. The fourth-order valence-corrected chi connectivity index (χ4v) is 2.49. The van der Waals surface area contributed by atoms with E-state index in [1.165, 1.54) is 0 Å². The molecule has 0 spiro atoms. The Hall–Kier alpha value is -2.06. The molecule has 3 heteroatoms. The smallest absolute Gasteiger partial charge is 0.161 e. The van der Waals surface area contributed by atoms with Gasteiger partial charge in [0.2, 0.25) is 0 Å². The molecule has 0 aliphatic carbocycles. The molecule has 2 nitrogen and oxygen atoms in total. The minimum Gasteiger partial charge on any atom is -0.454 e. The Morgan fingerprint density at radius 1 is 1.00 bits per heavy atom. The van der Waals surface area contributed by atoms with Crippen LogP contribution in [0.15, 0.2) is 53.1 Å². The highest BCUT2D eigenvalue weighted by Gasteiger charge is 2.11. The Labute approximate surface area is 108 Å². The molecule has 4 rings (SSSR count). The second kappa shape index (κ2) is 3.47. The maximum Gasteiger partial charge on any atom is 0.161 e. The van der Waals surface area contributed by atoms with E-state index in [9.17, 15) is 0 Å². The minimum absolute atomic E-state index is 0.695. The molecule has 0 aliphatic heterocycles. The summed E-state index contributed by atoms with van der Waals surface area (Å²) in [5, 5.41) is 3.81. The monoisotopic (exact) mass is 253 g/mol. The Morgan fingerprint density at radius 3 is 2.83 bits per heavy atom. The van der Waals surface area contributed by atoms with Crippen molar-refractivity contribution in [1.29, 1.82) is 0 Å². The predicted molar refractivity (Wildman–Crippen MR) is 74.0 cm³/mol. The van der Waals surface area contributed by atoms with Gasteiger partial charge < -0.3 is 4.42 Å². The third-order valence-corrected chi connectivity index (χ3v) is 3.40. The van der Waals surface area contributed by atoms with Gasteiger partial charge in [0.05, 0.1) is 0 Å². The summed E-state index contributed by atoms with van der Waals surface area (Å²) in [7, 11) is 0. The third-order valence-electron chi connectivity index (χ3n) is 3.16. The highest BCUT2D eigenvalue weighted by molar-refractivity contribution is 6.31. The summed E-state index contributed by atoms with van der Waals surface area (Å²) in [4.78, 5) is 4.49. The zero-order chi connectivity index (χ0) is 12.1. The number of fused-ring (bicyclic) bond motifs is 5. The van der Waals surface area contributed by atoms with Crippen molar-refractivity contribution in [2.45, 2.75) is 0 Å². The van der Waals surface area contributed by atoms with Gasteiger partial charge in [0.1, 0.15) is 11.1 Å². The molecule has 0 aliphatic rings. The summed E-state index contributed by atoms with van der Waals surface area (Å²) < 4.78 is 5.90. The van der Waals surface area contributed by atoms with Gasteiger partial charge in [-0.1, -0.05) is 35.9 Å². The van der Waals surface area contributed by atoms with E-state index in [1.807, 2.05) is 48.7 Å². The summed E-state index contributed by atoms with van der Waals surface area (Å²) in [6.45, 7) is 0. The van der Waals surface area contributed by atoms with Crippen LogP contribution >= 0.6 is 11.6 Å². The Balaban J connectivity index is 2.30. The first-order valence-electron chi connectivity index (χ1n) is 5.68. The van der Waals surface area contributed by atoms with E-state index >= 15 is 0 Å². The molecule has 0 atom stereocenters. The van der Waals surface area contributed by atoms with Gasteiger partial charge in [0.25, 0.3) is 0 Å². The number of furan rings is 1. The number of benzene rings is 2. The van der Waals surface area contributed by atoms with E-state index in [0.29, 0.717) is 5.02 Å². The molecule has 2 aromatic carbocycles. The molecule has 2 aromatic heterocycles. The molecule has 0 saturated carbocycles. The van der Waals surface area contributed by atoms with E-state index in [0.717, 1.165) is 32.8 Å². The van der Waals surface area contributed by atoms with E-state index in [2.05, 4.69) is 4.98 Å². The van der Waals surface area contributed by atoms with Gasteiger partial charge in [-0.05, 0) is 18.2 Å². The van der Waals surface area contributed by atoms with Gasteiger partial charge in [0, 0.05) is 27.4 Å². The third kappa shape index (κ3) is 1.27. The fraction of sp³-hybridized carbons (Fsp3) is 0. The lowest BCUT2D eigenvalue weighted by atomic mass is 10.1. The lowest BCUT2D eigenvalue weighted by Crippen LogP contribution is -1.77. The molecule has 0 bridgehead atoms. The highest BCUT2D eigenvalue weighted by atomic mass is 35.5. The summed E-state index contributed by atoms with van der Waals surface area (Å²) in [6.07, 6.45) is 1.87. The lowest BCUT2D eigenvalue weighted by Gasteiger charge is -1.96. The second-order valence-corrected chi connectivity index (χ2v) is 4.70. The second-order valence-electron chi connectivity index (χ2n) is 4.27. The maximum absolute atomic E-state index is 6.02. The first-order chi connectivity index (χ1) is 8.83. The van der Waals surface area contributed by atoms with Crippen LogP contribution in [0.2, 0.25) is 5.02 Å². The standard InChI is InChI=1S/C15H8ClNO/c16-10-5-6-13-12(7-10)14-15(18-13)11-4-2-1-3-9(11)8-17-14/h1-8H. The van der Waals surface area contributed by atoms with Crippen molar-refractivity contribution in [1.82, 2.24) is 4.98 Å². The van der Waals surface area contributed by atoms with Crippen molar-refractivity contribution in [3.05, 3.63) is 53.7 Å². The van der Waals surface area contributed by atoms with Crippen LogP contribution in [0.25, 0.3) is 32.8 Å². The maximum atomic E-state index is 6.02. The normalized spacial score (nSPS) is 11.6. The molecular formula is C15H8ClNO. The van der Waals surface area contributed by atoms with Gasteiger partial charge in [-0.25, -0.2) is 0 Å². The van der Waals surface area contributed by atoms with Gasteiger partial charge in [-0.15, -0.1) is 0 Å². The summed E-state index contributed by atoms with van der Waals surface area (Å²) >= 11 is 6.02. The van der Waals surface area contributed by atoms with Crippen molar-refractivity contribution < 1.29 is 4.42 Å². The van der Waals surface area contributed by atoms with Crippen LogP contribution in [0.4, 0.5) is 0 Å². The molecule has 0 amide bonds. The van der Waals surface area contributed by atoms with Gasteiger partial charge in [-0.2, -0.15) is 0 Å². The molecule has 0 N–H and O–H groups in total. The molecular weight excluding hydrogens is 246 g/mol. The van der Waals surface area contributed by atoms with Crippen LogP contribution in [0, 0.1) is 0 Å². The van der Waals surface area contributed by atoms with Crippen molar-refractivity contribution in [3.63, 3.8) is 0 Å². The van der Waals surface area contributed by atoms with Crippen molar-refractivity contribution >= 4 is 44.4 Å². The fourth-order valence-electron chi connectivity index (χ4n) is 2.32. The van der Waals surface area contributed by atoms with Crippen molar-refractivity contribution in [2.24, 2.45) is 0 Å². The number of hydrogen-bond donors (Lipinski definition) is 0. The quantitative estimate of drug-likeness (QED) is 0.450. The van der Waals surface area contributed by atoms with Crippen LogP contribution in [-0.2, 0) is 0 Å². The highest BCUT2D eigenvalue weighted by Crippen LogP contribution is 2.33. The van der Waals surface area contributed by atoms with Crippen LogP contribution in [-0.4, -0.2) is 4.98 Å².